The van der Waals surface area contributed by atoms with E-state index in [-0.39, 0.29) is 0 Å². The molecule has 2 heteroatoms. The van der Waals surface area contributed by atoms with Crippen molar-refractivity contribution < 1.29 is 0 Å². The van der Waals surface area contributed by atoms with Crippen molar-refractivity contribution >= 4 is 22.6 Å². The van der Waals surface area contributed by atoms with E-state index in [2.05, 4.69) is 58.2 Å². The van der Waals surface area contributed by atoms with Crippen molar-refractivity contribution in [3.8, 4) is 0 Å². The molecule has 0 bridgehead atoms. The maximum Gasteiger partial charge on any atom is 0.0233 e. The number of piperidine rings is 1. The van der Waals surface area contributed by atoms with Crippen LogP contribution in [0.15, 0.2) is 24.3 Å². The van der Waals surface area contributed by atoms with Crippen LogP contribution in [0.1, 0.15) is 18.4 Å². The van der Waals surface area contributed by atoms with Crippen LogP contribution in [0.3, 0.4) is 0 Å². The highest BCUT2D eigenvalue weighted by Crippen LogP contribution is 2.13. The van der Waals surface area contributed by atoms with Crippen molar-refractivity contribution in [3.05, 3.63) is 39.8 Å². The lowest BCUT2D eigenvalue weighted by Crippen LogP contribution is -2.29. The summed E-state index contributed by atoms with van der Waals surface area (Å²) in [5, 5.41) is 0. The van der Waals surface area contributed by atoms with Crippen LogP contribution in [0.4, 0.5) is 0 Å². The summed E-state index contributed by atoms with van der Waals surface area (Å²) in [6, 6.07) is 8.85. The molecule has 0 N–H and O–H groups in total. The van der Waals surface area contributed by atoms with Crippen molar-refractivity contribution in [2.24, 2.45) is 0 Å². The molecule has 0 aliphatic carbocycles. The molecule has 0 amide bonds. The molecule has 0 spiro atoms. The fourth-order valence-corrected chi connectivity index (χ4v) is 2.17. The molecule has 1 heterocycles. The quantitative estimate of drug-likeness (QED) is 0.759. The van der Waals surface area contributed by atoms with Gasteiger partial charge in [0.25, 0.3) is 0 Å². The Kier molecular flexibility index (Phi) is 3.81. The molecule has 75 valence electrons. The lowest BCUT2D eigenvalue weighted by Gasteiger charge is -2.26. The number of halogens is 1. The first kappa shape index (κ1) is 10.4. The van der Waals surface area contributed by atoms with Crippen molar-refractivity contribution in [2.75, 3.05) is 13.1 Å². The third kappa shape index (κ3) is 2.95. The first-order chi connectivity index (χ1) is 6.84. The second kappa shape index (κ2) is 5.12. The normalized spacial score (nSPS) is 18.4. The molecule has 1 saturated heterocycles. The lowest BCUT2D eigenvalue weighted by atomic mass is 10.1. The van der Waals surface area contributed by atoms with Gasteiger partial charge >= 0.3 is 0 Å². The molecule has 1 nitrogen and oxygen atoms in total. The molecule has 0 unspecified atom stereocenters. The molecule has 1 radical (unpaired) electrons. The van der Waals surface area contributed by atoms with Gasteiger partial charge in [-0.2, -0.15) is 0 Å². The van der Waals surface area contributed by atoms with Crippen LogP contribution < -0.4 is 0 Å². The van der Waals surface area contributed by atoms with Crippen LogP contribution in [0.25, 0.3) is 0 Å². The summed E-state index contributed by atoms with van der Waals surface area (Å²) in [6.45, 7) is 3.57. The van der Waals surface area contributed by atoms with Gasteiger partial charge in [-0.3, -0.25) is 4.90 Å². The van der Waals surface area contributed by atoms with Gasteiger partial charge in [-0.1, -0.05) is 12.1 Å². The Morgan fingerprint density at radius 2 is 1.71 bits per heavy atom. The van der Waals surface area contributed by atoms with Crippen LogP contribution >= 0.6 is 22.6 Å². The van der Waals surface area contributed by atoms with Gasteiger partial charge in [0, 0.05) is 10.1 Å². The summed E-state index contributed by atoms with van der Waals surface area (Å²) in [5.41, 5.74) is 1.44. The molecule has 1 aromatic carbocycles. The van der Waals surface area contributed by atoms with Crippen molar-refractivity contribution in [2.45, 2.75) is 19.4 Å². The lowest BCUT2D eigenvalue weighted by molar-refractivity contribution is 0.246. The summed E-state index contributed by atoms with van der Waals surface area (Å²) in [4.78, 5) is 2.53. The summed E-state index contributed by atoms with van der Waals surface area (Å²) in [5.74, 6) is 0. The average molecular weight is 300 g/mol. The highest BCUT2D eigenvalue weighted by molar-refractivity contribution is 14.1. The monoisotopic (exact) mass is 300 g/mol. The molecular weight excluding hydrogens is 285 g/mol. The zero-order chi connectivity index (χ0) is 9.80. The van der Waals surface area contributed by atoms with Gasteiger partial charge in [-0.05, 0) is 72.6 Å². The molecule has 2 rings (SSSR count). The number of benzene rings is 1. The summed E-state index contributed by atoms with van der Waals surface area (Å²) >= 11 is 2.35. The SMILES string of the molecule is Ic1ccc(CN2CC[CH]CC2)cc1. The predicted molar refractivity (Wildman–Crippen MR) is 68.0 cm³/mol. The molecule has 1 aliphatic rings. The minimum absolute atomic E-state index is 1.12. The molecule has 0 saturated carbocycles. The predicted octanol–water partition coefficient (Wildman–Crippen LogP) is 3.09. The topological polar surface area (TPSA) is 3.24 Å². The van der Waals surface area contributed by atoms with E-state index in [1.165, 1.54) is 35.1 Å². The molecule has 1 fully saturated rings. The molecule has 1 aliphatic heterocycles. The van der Waals surface area contributed by atoms with Gasteiger partial charge in [0.05, 0.1) is 0 Å². The van der Waals surface area contributed by atoms with Gasteiger partial charge in [-0.25, -0.2) is 0 Å². The van der Waals surface area contributed by atoms with E-state index in [1.807, 2.05) is 0 Å². The largest absolute Gasteiger partial charge is 0.299 e. The van der Waals surface area contributed by atoms with Crippen LogP contribution in [0, 0.1) is 9.99 Å². The number of hydrogen-bond donors (Lipinski definition) is 0. The van der Waals surface area contributed by atoms with Crippen LogP contribution in [-0.2, 0) is 6.54 Å². The minimum Gasteiger partial charge on any atom is -0.299 e. The Labute approximate surface area is 99.6 Å². The molecule has 0 aromatic heterocycles. The number of likely N-dealkylation sites (tertiary alicyclic amines) is 1. The van der Waals surface area contributed by atoms with Crippen molar-refractivity contribution in [1.29, 1.82) is 0 Å². The van der Waals surface area contributed by atoms with E-state index >= 15 is 0 Å². The maximum atomic E-state index is 2.53. The Hall–Kier alpha value is -0.0900. The maximum absolute atomic E-state index is 2.53. The standard InChI is InChI=1S/C12H15IN/c13-12-6-4-11(5-7-12)10-14-8-2-1-3-9-14/h1,4-7H,2-3,8-10H2. The summed E-state index contributed by atoms with van der Waals surface area (Å²) in [6.07, 6.45) is 4.90. The second-order valence-electron chi connectivity index (χ2n) is 3.77. The van der Waals surface area contributed by atoms with Gasteiger partial charge in [0.15, 0.2) is 0 Å². The Morgan fingerprint density at radius 3 is 2.36 bits per heavy atom. The van der Waals surface area contributed by atoms with Gasteiger partial charge < -0.3 is 0 Å². The third-order valence-electron chi connectivity index (χ3n) is 2.62. The summed E-state index contributed by atoms with van der Waals surface area (Å²) < 4.78 is 1.32. The first-order valence-electron chi connectivity index (χ1n) is 5.13. The van der Waals surface area contributed by atoms with Crippen LogP contribution in [0.5, 0.6) is 0 Å². The highest BCUT2D eigenvalue weighted by atomic mass is 127. The van der Waals surface area contributed by atoms with E-state index in [4.69, 9.17) is 0 Å². The molecule has 14 heavy (non-hydrogen) atoms. The summed E-state index contributed by atoms with van der Waals surface area (Å²) in [7, 11) is 0. The van der Waals surface area contributed by atoms with Crippen LogP contribution in [-0.4, -0.2) is 18.0 Å². The fraction of sp³-hybridized carbons (Fsp3) is 0.417. The minimum atomic E-state index is 1.12. The number of hydrogen-bond acceptors (Lipinski definition) is 1. The van der Waals surface area contributed by atoms with E-state index < -0.39 is 0 Å². The second-order valence-corrected chi connectivity index (χ2v) is 5.01. The van der Waals surface area contributed by atoms with E-state index in [0.717, 1.165) is 6.54 Å². The molecule has 0 atom stereocenters. The van der Waals surface area contributed by atoms with Gasteiger partial charge in [0.2, 0.25) is 0 Å². The number of rotatable bonds is 2. The average Bonchev–Trinajstić information content (AvgIpc) is 2.23. The third-order valence-corrected chi connectivity index (χ3v) is 3.34. The van der Waals surface area contributed by atoms with E-state index in [1.54, 1.807) is 0 Å². The van der Waals surface area contributed by atoms with E-state index in [9.17, 15) is 0 Å². The first-order valence-corrected chi connectivity index (χ1v) is 6.21. The smallest absolute Gasteiger partial charge is 0.0233 e. The Bertz CT molecular complexity index is 275. The van der Waals surface area contributed by atoms with Crippen molar-refractivity contribution in [1.82, 2.24) is 4.90 Å². The fourth-order valence-electron chi connectivity index (χ4n) is 1.81. The highest BCUT2D eigenvalue weighted by Gasteiger charge is 2.09. The van der Waals surface area contributed by atoms with Crippen LogP contribution in [0.2, 0.25) is 0 Å². The van der Waals surface area contributed by atoms with Gasteiger partial charge in [-0.15, -0.1) is 0 Å². The molecular formula is C12H15IN. The van der Waals surface area contributed by atoms with E-state index in [0.29, 0.717) is 0 Å². The Balaban J connectivity index is 1.92. The van der Waals surface area contributed by atoms with Gasteiger partial charge in [0.1, 0.15) is 0 Å². The number of nitrogens with zero attached hydrogens (tertiary/aromatic N) is 1. The zero-order valence-electron chi connectivity index (χ0n) is 8.25. The van der Waals surface area contributed by atoms with Crippen molar-refractivity contribution in [3.63, 3.8) is 0 Å². The molecule has 1 aromatic rings. The zero-order valence-corrected chi connectivity index (χ0v) is 10.4. The Morgan fingerprint density at radius 1 is 1.07 bits per heavy atom.